The van der Waals surface area contributed by atoms with E-state index < -0.39 is 36.2 Å². The van der Waals surface area contributed by atoms with Crippen LogP contribution in [-0.2, 0) is 20.7 Å². The van der Waals surface area contributed by atoms with E-state index >= 15 is 0 Å². The second kappa shape index (κ2) is 8.58. The van der Waals surface area contributed by atoms with Gasteiger partial charge in [-0.2, -0.15) is 0 Å². The summed E-state index contributed by atoms with van der Waals surface area (Å²) in [5.74, 6) is -2.61. The molecule has 2 rings (SSSR count). The summed E-state index contributed by atoms with van der Waals surface area (Å²) in [4.78, 5) is 23.5. The van der Waals surface area contributed by atoms with Gasteiger partial charge in [0.1, 0.15) is 11.6 Å². The summed E-state index contributed by atoms with van der Waals surface area (Å²) in [5.41, 5.74) is 0.846. The number of rotatable bonds is 6. The van der Waals surface area contributed by atoms with Crippen LogP contribution in [0.25, 0.3) is 0 Å². The summed E-state index contributed by atoms with van der Waals surface area (Å²) >= 11 is 5.75. The SMILES string of the molecule is C[C@@H](NC(=O)COC(=O)Cc1ccc(Cl)cc1)c1ccc(F)cc1F. The predicted octanol–water partition coefficient (Wildman–Crippen LogP) is 3.58. The molecule has 4 nitrogen and oxygen atoms in total. The van der Waals surface area contributed by atoms with E-state index in [9.17, 15) is 18.4 Å². The van der Waals surface area contributed by atoms with Gasteiger partial charge in [-0.1, -0.05) is 29.8 Å². The first-order valence-electron chi connectivity index (χ1n) is 7.49. The number of halogens is 3. The van der Waals surface area contributed by atoms with Crippen LogP contribution in [0.15, 0.2) is 42.5 Å². The minimum atomic E-state index is -0.757. The van der Waals surface area contributed by atoms with Crippen molar-refractivity contribution in [3.05, 3.63) is 70.2 Å². The van der Waals surface area contributed by atoms with Crippen molar-refractivity contribution in [1.82, 2.24) is 5.32 Å². The molecule has 2 aromatic rings. The summed E-state index contributed by atoms with van der Waals surface area (Å²) < 4.78 is 31.4. The minimum absolute atomic E-state index is 0.00654. The Labute approximate surface area is 148 Å². The molecule has 0 fully saturated rings. The third-order valence-electron chi connectivity index (χ3n) is 3.43. The first-order chi connectivity index (χ1) is 11.8. The van der Waals surface area contributed by atoms with Gasteiger partial charge < -0.3 is 10.1 Å². The van der Waals surface area contributed by atoms with Crippen LogP contribution in [0.3, 0.4) is 0 Å². The van der Waals surface area contributed by atoms with Crippen molar-refractivity contribution >= 4 is 23.5 Å². The number of hydrogen-bond donors (Lipinski definition) is 1. The van der Waals surface area contributed by atoms with Gasteiger partial charge >= 0.3 is 5.97 Å². The molecule has 0 aliphatic carbocycles. The van der Waals surface area contributed by atoms with E-state index in [2.05, 4.69) is 5.32 Å². The molecule has 1 amide bonds. The van der Waals surface area contributed by atoms with Crippen LogP contribution < -0.4 is 5.32 Å². The number of carbonyl (C=O) groups is 2. The lowest BCUT2D eigenvalue weighted by atomic mass is 10.1. The lowest BCUT2D eigenvalue weighted by Gasteiger charge is -2.15. The second-order valence-corrected chi connectivity index (χ2v) is 5.86. The van der Waals surface area contributed by atoms with Gasteiger partial charge in [-0.25, -0.2) is 8.78 Å². The molecular formula is C18H16ClF2NO3. The Morgan fingerprint density at radius 3 is 2.48 bits per heavy atom. The van der Waals surface area contributed by atoms with Gasteiger partial charge in [0.25, 0.3) is 5.91 Å². The standard InChI is InChI=1S/C18H16ClF2NO3/c1-11(15-7-6-14(20)9-16(15)21)22-17(23)10-25-18(24)8-12-2-4-13(19)5-3-12/h2-7,9,11H,8,10H2,1H3,(H,22,23)/t11-/m1/s1. The van der Waals surface area contributed by atoms with Crippen LogP contribution in [-0.4, -0.2) is 18.5 Å². The number of ether oxygens (including phenoxy) is 1. The maximum absolute atomic E-state index is 13.6. The number of amides is 1. The van der Waals surface area contributed by atoms with E-state index in [1.165, 1.54) is 6.07 Å². The van der Waals surface area contributed by atoms with Crippen molar-refractivity contribution in [3.8, 4) is 0 Å². The summed E-state index contributed by atoms with van der Waals surface area (Å²) in [6, 6.07) is 9.07. The molecule has 0 unspecified atom stereocenters. The van der Waals surface area contributed by atoms with Gasteiger partial charge in [0, 0.05) is 16.7 Å². The highest BCUT2D eigenvalue weighted by molar-refractivity contribution is 6.30. The van der Waals surface area contributed by atoms with E-state index in [4.69, 9.17) is 16.3 Å². The largest absolute Gasteiger partial charge is 0.455 e. The van der Waals surface area contributed by atoms with Crippen molar-refractivity contribution in [2.45, 2.75) is 19.4 Å². The Bertz CT molecular complexity index is 765. The Morgan fingerprint density at radius 1 is 1.16 bits per heavy atom. The molecule has 25 heavy (non-hydrogen) atoms. The van der Waals surface area contributed by atoms with Gasteiger partial charge in [-0.15, -0.1) is 0 Å². The maximum atomic E-state index is 13.6. The fraction of sp³-hybridized carbons (Fsp3) is 0.222. The Morgan fingerprint density at radius 2 is 1.84 bits per heavy atom. The molecule has 0 radical (unpaired) electrons. The highest BCUT2D eigenvalue weighted by Gasteiger charge is 2.15. The highest BCUT2D eigenvalue weighted by Crippen LogP contribution is 2.17. The lowest BCUT2D eigenvalue weighted by Crippen LogP contribution is -2.31. The number of benzene rings is 2. The summed E-state index contributed by atoms with van der Waals surface area (Å²) in [6.45, 7) is 1.06. The average molecular weight is 368 g/mol. The normalized spacial score (nSPS) is 11.7. The molecule has 1 atom stereocenters. The third-order valence-corrected chi connectivity index (χ3v) is 3.68. The lowest BCUT2D eigenvalue weighted by molar-refractivity contribution is -0.148. The molecule has 0 aliphatic heterocycles. The Kier molecular flexibility index (Phi) is 6.47. The Balaban J connectivity index is 1.81. The van der Waals surface area contributed by atoms with Crippen LogP contribution in [0.5, 0.6) is 0 Å². The van der Waals surface area contributed by atoms with Crippen molar-refractivity contribution < 1.29 is 23.1 Å². The van der Waals surface area contributed by atoms with Gasteiger partial charge in [-0.05, 0) is 30.7 Å². The van der Waals surface area contributed by atoms with Gasteiger partial charge in [0.05, 0.1) is 12.5 Å². The van der Waals surface area contributed by atoms with Crippen LogP contribution in [0.1, 0.15) is 24.1 Å². The molecule has 2 aromatic carbocycles. The number of hydrogen-bond acceptors (Lipinski definition) is 3. The minimum Gasteiger partial charge on any atom is -0.455 e. The van der Waals surface area contributed by atoms with Crippen molar-refractivity contribution in [2.24, 2.45) is 0 Å². The molecule has 0 aliphatic rings. The first-order valence-corrected chi connectivity index (χ1v) is 7.87. The zero-order valence-electron chi connectivity index (χ0n) is 13.4. The second-order valence-electron chi connectivity index (χ2n) is 5.42. The molecule has 0 spiro atoms. The molecule has 0 heterocycles. The summed E-state index contributed by atoms with van der Waals surface area (Å²) in [5, 5.41) is 3.04. The topological polar surface area (TPSA) is 55.4 Å². The number of esters is 1. The van der Waals surface area contributed by atoms with Crippen molar-refractivity contribution in [1.29, 1.82) is 0 Å². The van der Waals surface area contributed by atoms with Crippen LogP contribution in [0.2, 0.25) is 5.02 Å². The number of nitrogens with one attached hydrogen (secondary N) is 1. The van der Waals surface area contributed by atoms with E-state index in [0.717, 1.165) is 12.1 Å². The van der Waals surface area contributed by atoms with Gasteiger partial charge in [0.15, 0.2) is 6.61 Å². The molecular weight excluding hydrogens is 352 g/mol. The molecule has 0 bridgehead atoms. The maximum Gasteiger partial charge on any atom is 0.310 e. The van der Waals surface area contributed by atoms with E-state index in [-0.39, 0.29) is 12.0 Å². The average Bonchev–Trinajstić information content (AvgIpc) is 2.55. The van der Waals surface area contributed by atoms with Crippen molar-refractivity contribution in [3.63, 3.8) is 0 Å². The third kappa shape index (κ3) is 5.83. The zero-order chi connectivity index (χ0) is 18.4. The van der Waals surface area contributed by atoms with E-state index in [1.54, 1.807) is 31.2 Å². The monoisotopic (exact) mass is 367 g/mol. The first kappa shape index (κ1) is 18.9. The van der Waals surface area contributed by atoms with Crippen LogP contribution >= 0.6 is 11.6 Å². The molecule has 7 heteroatoms. The molecule has 0 saturated heterocycles. The van der Waals surface area contributed by atoms with E-state index in [0.29, 0.717) is 10.6 Å². The van der Waals surface area contributed by atoms with Crippen LogP contribution in [0, 0.1) is 11.6 Å². The fourth-order valence-corrected chi connectivity index (χ4v) is 2.31. The zero-order valence-corrected chi connectivity index (χ0v) is 14.1. The Hall–Kier alpha value is -2.47. The van der Waals surface area contributed by atoms with Crippen molar-refractivity contribution in [2.75, 3.05) is 6.61 Å². The smallest absolute Gasteiger partial charge is 0.310 e. The molecule has 1 N–H and O–H groups in total. The molecule has 0 saturated carbocycles. The number of carbonyl (C=O) groups excluding carboxylic acids is 2. The fourth-order valence-electron chi connectivity index (χ4n) is 2.18. The quantitative estimate of drug-likeness (QED) is 0.794. The summed E-state index contributed by atoms with van der Waals surface area (Å²) in [7, 11) is 0. The van der Waals surface area contributed by atoms with Gasteiger partial charge in [0.2, 0.25) is 0 Å². The van der Waals surface area contributed by atoms with Crippen LogP contribution in [0.4, 0.5) is 8.78 Å². The summed E-state index contributed by atoms with van der Waals surface area (Å²) in [6.07, 6.45) is 0.00654. The predicted molar refractivity (Wildman–Crippen MR) is 89.0 cm³/mol. The van der Waals surface area contributed by atoms with Gasteiger partial charge in [-0.3, -0.25) is 9.59 Å². The molecule has 0 aromatic heterocycles. The molecule has 132 valence electrons. The van der Waals surface area contributed by atoms with E-state index in [1.807, 2.05) is 0 Å². The highest BCUT2D eigenvalue weighted by atomic mass is 35.5.